The molecule has 1 atom stereocenters. The molecule has 1 aliphatic rings. The molecule has 7 heteroatoms. The van der Waals surface area contributed by atoms with Crippen LogP contribution in [0.2, 0.25) is 0 Å². The Labute approximate surface area is 161 Å². The van der Waals surface area contributed by atoms with Crippen molar-refractivity contribution >= 4 is 28.7 Å². The third kappa shape index (κ3) is 2.92. The van der Waals surface area contributed by atoms with Crippen LogP contribution in [-0.2, 0) is 0 Å². The van der Waals surface area contributed by atoms with E-state index in [1.165, 1.54) is 6.07 Å². The van der Waals surface area contributed by atoms with Gasteiger partial charge in [-0.15, -0.1) is 0 Å². The lowest BCUT2D eigenvalue weighted by Gasteiger charge is -2.38. The molecule has 28 heavy (non-hydrogen) atoms. The van der Waals surface area contributed by atoms with Crippen LogP contribution in [0.3, 0.4) is 0 Å². The van der Waals surface area contributed by atoms with Crippen LogP contribution in [0, 0.1) is 10.1 Å². The molecule has 140 valence electrons. The molecule has 0 aliphatic carbocycles. The number of amides is 1. The first-order chi connectivity index (χ1) is 13.6. The predicted molar refractivity (Wildman–Crippen MR) is 109 cm³/mol. The van der Waals surface area contributed by atoms with Crippen LogP contribution in [0.15, 0.2) is 72.8 Å². The predicted octanol–water partition coefficient (Wildman–Crippen LogP) is 4.41. The molecule has 1 aliphatic heterocycles. The zero-order valence-corrected chi connectivity index (χ0v) is 15.1. The zero-order valence-electron chi connectivity index (χ0n) is 15.1. The Kier molecular flexibility index (Phi) is 4.41. The fraction of sp³-hybridized carbons (Fsp3) is 0.0952. The second-order valence-corrected chi connectivity index (χ2v) is 6.39. The molecule has 3 aromatic rings. The third-order valence-electron chi connectivity index (χ3n) is 4.76. The Balaban J connectivity index is 1.87. The van der Waals surface area contributed by atoms with Crippen LogP contribution in [0.5, 0.6) is 0 Å². The molecule has 1 heterocycles. The van der Waals surface area contributed by atoms with Crippen molar-refractivity contribution in [3.05, 3.63) is 94.0 Å². The SMILES string of the molecule is CNc1ccc([C@H]2Nc3ccccc3C(=O)N2c2ccccc2)cc1[N+](=O)[O-]. The lowest BCUT2D eigenvalue weighted by atomic mass is 10.0. The Morgan fingerprint density at radius 1 is 1.04 bits per heavy atom. The first kappa shape index (κ1) is 17.5. The number of fused-ring (bicyclic) bond motifs is 1. The maximum Gasteiger partial charge on any atom is 0.292 e. The number of rotatable bonds is 4. The van der Waals surface area contributed by atoms with Crippen molar-refractivity contribution < 1.29 is 9.72 Å². The van der Waals surface area contributed by atoms with E-state index in [4.69, 9.17) is 0 Å². The van der Waals surface area contributed by atoms with Crippen LogP contribution >= 0.6 is 0 Å². The fourth-order valence-electron chi connectivity index (χ4n) is 3.42. The van der Waals surface area contributed by atoms with Crippen molar-refractivity contribution in [3.63, 3.8) is 0 Å². The molecule has 0 bridgehead atoms. The molecule has 0 radical (unpaired) electrons. The van der Waals surface area contributed by atoms with E-state index < -0.39 is 11.1 Å². The average molecular weight is 374 g/mol. The molecular formula is C21H18N4O3. The highest BCUT2D eigenvalue weighted by molar-refractivity contribution is 6.12. The van der Waals surface area contributed by atoms with Crippen molar-refractivity contribution in [2.45, 2.75) is 6.17 Å². The Morgan fingerprint density at radius 3 is 2.46 bits per heavy atom. The van der Waals surface area contributed by atoms with Gasteiger partial charge in [0.15, 0.2) is 0 Å². The fourth-order valence-corrected chi connectivity index (χ4v) is 3.42. The van der Waals surface area contributed by atoms with Gasteiger partial charge in [0.2, 0.25) is 0 Å². The minimum Gasteiger partial charge on any atom is -0.383 e. The zero-order chi connectivity index (χ0) is 19.7. The Morgan fingerprint density at radius 2 is 1.75 bits per heavy atom. The number of para-hydroxylation sites is 2. The number of benzene rings is 3. The van der Waals surface area contributed by atoms with Gasteiger partial charge in [-0.05, 0) is 30.3 Å². The molecular weight excluding hydrogens is 356 g/mol. The van der Waals surface area contributed by atoms with Gasteiger partial charge >= 0.3 is 0 Å². The summed E-state index contributed by atoms with van der Waals surface area (Å²) in [6, 6.07) is 21.5. The van der Waals surface area contributed by atoms with E-state index in [2.05, 4.69) is 10.6 Å². The van der Waals surface area contributed by atoms with Crippen molar-refractivity contribution in [2.75, 3.05) is 22.6 Å². The number of anilines is 3. The van der Waals surface area contributed by atoms with E-state index >= 15 is 0 Å². The highest BCUT2D eigenvalue weighted by atomic mass is 16.6. The molecule has 4 rings (SSSR count). The van der Waals surface area contributed by atoms with E-state index in [-0.39, 0.29) is 11.6 Å². The summed E-state index contributed by atoms with van der Waals surface area (Å²) in [5, 5.41) is 17.7. The molecule has 3 aromatic carbocycles. The molecule has 2 N–H and O–H groups in total. The van der Waals surface area contributed by atoms with Gasteiger partial charge in [0.1, 0.15) is 11.9 Å². The number of nitrogens with zero attached hydrogens (tertiary/aromatic N) is 2. The van der Waals surface area contributed by atoms with E-state index in [0.717, 1.165) is 0 Å². The summed E-state index contributed by atoms with van der Waals surface area (Å²) in [4.78, 5) is 26.0. The minimum absolute atomic E-state index is 0.0406. The number of carbonyl (C=O) groups excluding carboxylic acids is 1. The van der Waals surface area contributed by atoms with Gasteiger partial charge in [-0.2, -0.15) is 0 Å². The van der Waals surface area contributed by atoms with Gasteiger partial charge in [-0.25, -0.2) is 0 Å². The summed E-state index contributed by atoms with van der Waals surface area (Å²) in [5.41, 5.74) is 2.97. The van der Waals surface area contributed by atoms with Crippen LogP contribution < -0.4 is 15.5 Å². The number of carbonyl (C=O) groups is 1. The smallest absolute Gasteiger partial charge is 0.292 e. The summed E-state index contributed by atoms with van der Waals surface area (Å²) < 4.78 is 0. The quantitative estimate of drug-likeness (QED) is 0.522. The number of nitrogens with one attached hydrogen (secondary N) is 2. The topological polar surface area (TPSA) is 87.5 Å². The summed E-state index contributed by atoms with van der Waals surface area (Å²) in [6.45, 7) is 0. The highest BCUT2D eigenvalue weighted by Gasteiger charge is 2.34. The van der Waals surface area contributed by atoms with Crippen molar-refractivity contribution in [2.24, 2.45) is 0 Å². The Hall–Kier alpha value is -3.87. The second kappa shape index (κ2) is 7.03. The monoisotopic (exact) mass is 374 g/mol. The molecule has 1 amide bonds. The van der Waals surface area contributed by atoms with Gasteiger partial charge in [0.05, 0.1) is 10.5 Å². The Bertz CT molecular complexity index is 1050. The third-order valence-corrected chi connectivity index (χ3v) is 4.76. The van der Waals surface area contributed by atoms with Crippen LogP contribution in [0.25, 0.3) is 0 Å². The summed E-state index contributed by atoms with van der Waals surface area (Å²) in [7, 11) is 1.64. The largest absolute Gasteiger partial charge is 0.383 e. The maximum absolute atomic E-state index is 13.3. The van der Waals surface area contributed by atoms with Gasteiger partial charge < -0.3 is 10.6 Å². The summed E-state index contributed by atoms with van der Waals surface area (Å²) in [5.74, 6) is -0.161. The van der Waals surface area contributed by atoms with E-state index in [1.54, 1.807) is 30.1 Å². The average Bonchev–Trinajstić information content (AvgIpc) is 2.73. The number of nitro groups is 1. The number of hydrogen-bond donors (Lipinski definition) is 2. The molecule has 0 saturated heterocycles. The lowest BCUT2D eigenvalue weighted by molar-refractivity contribution is -0.384. The molecule has 0 fully saturated rings. The molecule has 0 saturated carbocycles. The van der Waals surface area contributed by atoms with Crippen LogP contribution in [0.1, 0.15) is 22.1 Å². The summed E-state index contributed by atoms with van der Waals surface area (Å²) in [6.07, 6.45) is -0.575. The van der Waals surface area contributed by atoms with Crippen molar-refractivity contribution in [1.29, 1.82) is 0 Å². The van der Waals surface area contributed by atoms with Gasteiger partial charge in [0.25, 0.3) is 11.6 Å². The summed E-state index contributed by atoms with van der Waals surface area (Å²) >= 11 is 0. The number of hydrogen-bond acceptors (Lipinski definition) is 5. The van der Waals surface area contributed by atoms with E-state index in [1.807, 2.05) is 48.5 Å². The molecule has 0 aromatic heterocycles. The lowest BCUT2D eigenvalue weighted by Crippen LogP contribution is -2.43. The van der Waals surface area contributed by atoms with Crippen molar-refractivity contribution in [1.82, 2.24) is 0 Å². The molecule has 0 spiro atoms. The minimum atomic E-state index is -0.575. The normalized spacial score (nSPS) is 15.5. The highest BCUT2D eigenvalue weighted by Crippen LogP contribution is 2.38. The molecule has 7 nitrogen and oxygen atoms in total. The van der Waals surface area contributed by atoms with Crippen molar-refractivity contribution in [3.8, 4) is 0 Å². The first-order valence-electron chi connectivity index (χ1n) is 8.80. The van der Waals surface area contributed by atoms with Crippen LogP contribution in [0.4, 0.5) is 22.7 Å². The van der Waals surface area contributed by atoms with Gasteiger partial charge in [-0.1, -0.05) is 36.4 Å². The van der Waals surface area contributed by atoms with E-state index in [9.17, 15) is 14.9 Å². The standard InChI is InChI=1S/C21H18N4O3/c1-22-18-12-11-14(13-19(18)25(27)28)20-23-17-10-6-5-9-16(17)21(26)24(20)15-7-3-2-4-8-15/h2-13,20,22-23H,1H3/t20-/m0/s1. The molecule has 0 unspecified atom stereocenters. The first-order valence-corrected chi connectivity index (χ1v) is 8.80. The van der Waals surface area contributed by atoms with Crippen LogP contribution in [-0.4, -0.2) is 17.9 Å². The van der Waals surface area contributed by atoms with Gasteiger partial charge in [-0.3, -0.25) is 19.8 Å². The van der Waals surface area contributed by atoms with E-state index in [0.29, 0.717) is 28.2 Å². The van der Waals surface area contributed by atoms with Gasteiger partial charge in [0, 0.05) is 30.1 Å². The second-order valence-electron chi connectivity index (χ2n) is 6.39. The number of nitro benzene ring substituents is 1. The maximum atomic E-state index is 13.3.